The van der Waals surface area contributed by atoms with Crippen molar-refractivity contribution < 1.29 is 9.18 Å². The zero-order valence-corrected chi connectivity index (χ0v) is 11.2. The Labute approximate surface area is 108 Å². The predicted molar refractivity (Wildman–Crippen MR) is 70.7 cm³/mol. The third kappa shape index (κ3) is 4.11. The number of rotatable bonds is 6. The van der Waals surface area contributed by atoms with E-state index in [1.807, 2.05) is 13.8 Å². The van der Waals surface area contributed by atoms with Gasteiger partial charge in [0, 0.05) is 19.6 Å². The van der Waals surface area contributed by atoms with Crippen molar-refractivity contribution in [2.45, 2.75) is 26.3 Å². The largest absolute Gasteiger partial charge is 0.345 e. The van der Waals surface area contributed by atoms with Gasteiger partial charge in [-0.2, -0.15) is 0 Å². The number of halogens is 1. The Balaban J connectivity index is 2.57. The summed E-state index contributed by atoms with van der Waals surface area (Å²) in [5.74, 6) is -0.173. The fourth-order valence-electron chi connectivity index (χ4n) is 1.71. The molecule has 0 aliphatic heterocycles. The number of carbonyl (C=O) groups is 1. The molecule has 1 unspecified atom stereocenters. The lowest BCUT2D eigenvalue weighted by atomic mass is 10.0. The summed E-state index contributed by atoms with van der Waals surface area (Å²) in [7, 11) is 1.78. The quantitative estimate of drug-likeness (QED) is 0.843. The lowest BCUT2D eigenvalue weighted by Crippen LogP contribution is -2.36. The molecular formula is C14H21FN2O. The maximum absolute atomic E-state index is 12.8. The summed E-state index contributed by atoms with van der Waals surface area (Å²) < 4.78 is 12.8. The van der Waals surface area contributed by atoms with Gasteiger partial charge in [-0.15, -0.1) is 0 Å². The van der Waals surface area contributed by atoms with Crippen LogP contribution in [0.5, 0.6) is 0 Å². The Morgan fingerprint density at radius 1 is 1.33 bits per heavy atom. The smallest absolute Gasteiger partial charge is 0.236 e. The van der Waals surface area contributed by atoms with Crippen LogP contribution in [0.1, 0.15) is 31.9 Å². The Morgan fingerprint density at radius 2 is 1.94 bits per heavy atom. The summed E-state index contributed by atoms with van der Waals surface area (Å²) in [6, 6.07) is 6.48. The highest BCUT2D eigenvalue weighted by atomic mass is 19.1. The van der Waals surface area contributed by atoms with Crippen molar-refractivity contribution >= 4 is 5.91 Å². The van der Waals surface area contributed by atoms with E-state index >= 15 is 0 Å². The van der Waals surface area contributed by atoms with Gasteiger partial charge < -0.3 is 10.2 Å². The lowest BCUT2D eigenvalue weighted by Gasteiger charge is -2.20. The molecule has 0 saturated heterocycles. The molecule has 0 heterocycles. The molecular weight excluding hydrogens is 231 g/mol. The van der Waals surface area contributed by atoms with Crippen LogP contribution < -0.4 is 5.32 Å². The van der Waals surface area contributed by atoms with E-state index in [1.165, 1.54) is 12.1 Å². The predicted octanol–water partition coefficient (Wildman–Crippen LogP) is 2.34. The second-order valence-corrected chi connectivity index (χ2v) is 4.30. The van der Waals surface area contributed by atoms with E-state index in [-0.39, 0.29) is 17.8 Å². The topological polar surface area (TPSA) is 32.3 Å². The van der Waals surface area contributed by atoms with Gasteiger partial charge in [-0.25, -0.2) is 4.39 Å². The molecule has 1 amide bonds. The van der Waals surface area contributed by atoms with Crippen molar-refractivity contribution in [3.05, 3.63) is 35.6 Å². The van der Waals surface area contributed by atoms with Gasteiger partial charge in [-0.05, 0) is 31.0 Å². The molecule has 0 aromatic heterocycles. The first-order chi connectivity index (χ1) is 8.58. The average Bonchev–Trinajstić information content (AvgIpc) is 2.40. The van der Waals surface area contributed by atoms with Crippen LogP contribution in [0.3, 0.4) is 0 Å². The highest BCUT2D eigenvalue weighted by Crippen LogP contribution is 2.16. The molecule has 0 bridgehead atoms. The molecule has 1 aromatic rings. The number of hydrogen-bond donors (Lipinski definition) is 1. The zero-order chi connectivity index (χ0) is 13.5. The molecule has 0 fully saturated rings. The van der Waals surface area contributed by atoms with Crippen molar-refractivity contribution in [1.29, 1.82) is 0 Å². The summed E-state index contributed by atoms with van der Waals surface area (Å²) >= 11 is 0. The van der Waals surface area contributed by atoms with Crippen molar-refractivity contribution in [1.82, 2.24) is 10.2 Å². The Bertz CT molecular complexity index is 378. The number of nitrogens with one attached hydrogen (secondary N) is 1. The Hall–Kier alpha value is -1.42. The van der Waals surface area contributed by atoms with E-state index in [4.69, 9.17) is 0 Å². The number of nitrogens with zero attached hydrogens (tertiary/aromatic N) is 1. The summed E-state index contributed by atoms with van der Waals surface area (Å²) in [5, 5.41) is 3.21. The molecule has 1 rings (SSSR count). The number of hydrogen-bond acceptors (Lipinski definition) is 2. The van der Waals surface area contributed by atoms with Gasteiger partial charge in [-0.3, -0.25) is 4.79 Å². The normalized spacial score (nSPS) is 12.2. The first-order valence-electron chi connectivity index (χ1n) is 6.31. The van der Waals surface area contributed by atoms with Crippen LogP contribution in [-0.2, 0) is 4.79 Å². The molecule has 100 valence electrons. The zero-order valence-electron chi connectivity index (χ0n) is 11.2. The number of likely N-dealkylation sites (N-methyl/N-ethyl adjacent to an activating group) is 1. The summed E-state index contributed by atoms with van der Waals surface area (Å²) in [6.07, 6.45) is 0.856. The third-order valence-electron chi connectivity index (χ3n) is 3.08. The molecule has 0 aliphatic carbocycles. The Kier molecular flexibility index (Phi) is 5.78. The third-order valence-corrected chi connectivity index (χ3v) is 3.08. The molecule has 0 saturated carbocycles. The van der Waals surface area contributed by atoms with Crippen LogP contribution in [0.2, 0.25) is 0 Å². The first-order valence-corrected chi connectivity index (χ1v) is 6.31. The van der Waals surface area contributed by atoms with Crippen LogP contribution in [0.15, 0.2) is 24.3 Å². The van der Waals surface area contributed by atoms with E-state index in [0.717, 1.165) is 12.0 Å². The summed E-state index contributed by atoms with van der Waals surface area (Å²) in [6.45, 7) is 4.98. The molecule has 4 heteroatoms. The minimum Gasteiger partial charge on any atom is -0.345 e. The van der Waals surface area contributed by atoms with Crippen molar-refractivity contribution in [3.63, 3.8) is 0 Å². The molecule has 18 heavy (non-hydrogen) atoms. The van der Waals surface area contributed by atoms with Gasteiger partial charge in [0.15, 0.2) is 0 Å². The highest BCUT2D eigenvalue weighted by Gasteiger charge is 2.12. The standard InChI is InChI=1S/C14H21FN2O/c1-4-13(11-6-8-12(15)9-7-11)16-10-14(18)17(3)5-2/h6-9,13,16H,4-5,10H2,1-3H3. The van der Waals surface area contributed by atoms with Crippen LogP contribution in [-0.4, -0.2) is 30.9 Å². The van der Waals surface area contributed by atoms with E-state index in [0.29, 0.717) is 13.1 Å². The van der Waals surface area contributed by atoms with Crippen LogP contribution >= 0.6 is 0 Å². The SMILES string of the molecule is CCC(NCC(=O)N(C)CC)c1ccc(F)cc1. The molecule has 3 nitrogen and oxygen atoms in total. The van der Waals surface area contributed by atoms with Gasteiger partial charge in [0.25, 0.3) is 0 Å². The second-order valence-electron chi connectivity index (χ2n) is 4.30. The molecule has 0 radical (unpaired) electrons. The van der Waals surface area contributed by atoms with Crippen molar-refractivity contribution in [2.24, 2.45) is 0 Å². The van der Waals surface area contributed by atoms with Gasteiger partial charge >= 0.3 is 0 Å². The minimum absolute atomic E-state index is 0.0676. The fraction of sp³-hybridized carbons (Fsp3) is 0.500. The molecule has 1 aromatic carbocycles. The van der Waals surface area contributed by atoms with Crippen LogP contribution in [0.25, 0.3) is 0 Å². The number of benzene rings is 1. The van der Waals surface area contributed by atoms with Gasteiger partial charge in [-0.1, -0.05) is 19.1 Å². The van der Waals surface area contributed by atoms with E-state index < -0.39 is 0 Å². The maximum Gasteiger partial charge on any atom is 0.236 e. The van der Waals surface area contributed by atoms with Crippen molar-refractivity contribution in [2.75, 3.05) is 20.1 Å². The molecule has 0 aliphatic rings. The highest BCUT2D eigenvalue weighted by molar-refractivity contribution is 5.77. The monoisotopic (exact) mass is 252 g/mol. The van der Waals surface area contributed by atoms with E-state index in [9.17, 15) is 9.18 Å². The van der Waals surface area contributed by atoms with E-state index in [2.05, 4.69) is 5.32 Å². The average molecular weight is 252 g/mol. The minimum atomic E-state index is -0.240. The molecule has 1 atom stereocenters. The van der Waals surface area contributed by atoms with Gasteiger partial charge in [0.1, 0.15) is 5.82 Å². The first kappa shape index (κ1) is 14.6. The van der Waals surface area contributed by atoms with Gasteiger partial charge in [0.2, 0.25) is 5.91 Å². The summed E-state index contributed by atoms with van der Waals surface area (Å²) in [4.78, 5) is 13.4. The van der Waals surface area contributed by atoms with Crippen LogP contribution in [0, 0.1) is 5.82 Å². The van der Waals surface area contributed by atoms with Crippen LogP contribution in [0.4, 0.5) is 4.39 Å². The lowest BCUT2D eigenvalue weighted by molar-refractivity contribution is -0.128. The maximum atomic E-state index is 12.8. The molecule has 0 spiro atoms. The van der Waals surface area contributed by atoms with Gasteiger partial charge in [0.05, 0.1) is 6.54 Å². The van der Waals surface area contributed by atoms with Crippen molar-refractivity contribution in [3.8, 4) is 0 Å². The number of amides is 1. The Morgan fingerprint density at radius 3 is 2.44 bits per heavy atom. The fourth-order valence-corrected chi connectivity index (χ4v) is 1.71. The number of carbonyl (C=O) groups excluding carboxylic acids is 1. The summed E-state index contributed by atoms with van der Waals surface area (Å²) in [5.41, 5.74) is 1.01. The second kappa shape index (κ2) is 7.11. The molecule has 1 N–H and O–H groups in total. The van der Waals surface area contributed by atoms with E-state index in [1.54, 1.807) is 24.1 Å².